The van der Waals surface area contributed by atoms with E-state index in [2.05, 4.69) is 17.0 Å². The molecule has 0 heterocycles. The molecular formula is C4H14Li6O3+2. The summed E-state index contributed by atoms with van der Waals surface area (Å²) in [6.07, 6.45) is 0. The molecule has 9 heteroatoms. The second-order valence-electron chi connectivity index (χ2n) is 0.186. The van der Waals surface area contributed by atoms with E-state index in [0.717, 1.165) is 0 Å². The molecule has 0 aliphatic heterocycles. The maximum Gasteiger partial charge on any atom is 1.00 e. The van der Waals surface area contributed by atoms with Crippen LogP contribution in [0.3, 0.4) is 0 Å². The summed E-state index contributed by atoms with van der Waals surface area (Å²) in [5, 5.41) is 11.2. The molecule has 0 aromatic rings. The fourth-order valence-electron chi connectivity index (χ4n) is 0. The first-order valence-electron chi connectivity index (χ1n) is 0.622. The Morgan fingerprint density at radius 2 is 0.923 bits per heavy atom. The molecular weight excluding hydrogens is 138 g/mol. The van der Waals surface area contributed by atoms with E-state index in [4.69, 9.17) is 5.26 Å². The molecule has 0 saturated carbocycles. The van der Waals surface area contributed by atoms with Crippen molar-refractivity contribution in [3.63, 3.8) is 0 Å². The first-order chi connectivity index (χ1) is 1.91. The maximum atomic E-state index is 8.51. The SMILES string of the molecule is C.C.[CH2-]OO[O-].[CH3-].[H-].[Li+].[Li+].[Li+].[Li+].[Li+].[Li+]. The normalized spacial score (nSPS) is 2.31. The fraction of sp³-hybridized carbons (Fsp3) is 0.500. The van der Waals surface area contributed by atoms with E-state index >= 15 is 0 Å². The van der Waals surface area contributed by atoms with E-state index in [1.165, 1.54) is 0 Å². The number of hydrogen-bond acceptors (Lipinski definition) is 3. The third-order valence-electron chi connectivity index (χ3n) is 0.0481. The summed E-state index contributed by atoms with van der Waals surface area (Å²) in [4.78, 5) is 3.24. The monoisotopic (exact) mass is 152 g/mol. The summed E-state index contributed by atoms with van der Waals surface area (Å²) in [7, 11) is 2.57. The molecule has 0 N–H and O–H groups in total. The van der Waals surface area contributed by atoms with Crippen molar-refractivity contribution in [3.05, 3.63) is 14.5 Å². The van der Waals surface area contributed by atoms with Gasteiger partial charge in [-0.2, -0.15) is 7.11 Å². The van der Waals surface area contributed by atoms with Crippen LogP contribution in [0.15, 0.2) is 0 Å². The Morgan fingerprint density at radius 1 is 0.846 bits per heavy atom. The Hall–Kier alpha value is 3.46. The first-order valence-corrected chi connectivity index (χ1v) is 0.622. The van der Waals surface area contributed by atoms with Crippen LogP contribution in [-0.2, 0) is 9.93 Å². The van der Waals surface area contributed by atoms with Crippen molar-refractivity contribution in [2.45, 2.75) is 14.9 Å². The van der Waals surface area contributed by atoms with Gasteiger partial charge in [-0.3, -0.25) is 0 Å². The summed E-state index contributed by atoms with van der Waals surface area (Å²) in [6.45, 7) is 0. The molecule has 13 heavy (non-hydrogen) atoms. The van der Waals surface area contributed by atoms with Crippen molar-refractivity contribution in [2.24, 2.45) is 0 Å². The van der Waals surface area contributed by atoms with Gasteiger partial charge in [0.1, 0.15) is 0 Å². The smallest absolute Gasteiger partial charge is 1.00 e. The van der Waals surface area contributed by atoms with Gasteiger partial charge < -0.3 is 24.0 Å². The van der Waals surface area contributed by atoms with Crippen molar-refractivity contribution in [1.29, 1.82) is 0 Å². The minimum Gasteiger partial charge on any atom is -1.00 e. The van der Waals surface area contributed by atoms with Gasteiger partial charge in [-0.25, -0.2) is 0 Å². The number of hydrogen-bond donors (Lipinski definition) is 0. The molecule has 52 valence electrons. The van der Waals surface area contributed by atoms with E-state index in [0.29, 0.717) is 0 Å². The molecule has 0 saturated heterocycles. The summed E-state index contributed by atoms with van der Waals surface area (Å²) in [5.41, 5.74) is 0. The third-order valence-corrected chi connectivity index (χ3v) is 0.0481. The van der Waals surface area contributed by atoms with Crippen LogP contribution in [0.4, 0.5) is 0 Å². The van der Waals surface area contributed by atoms with Gasteiger partial charge in [0.15, 0.2) is 0 Å². The quantitative estimate of drug-likeness (QED) is 0.162. The third kappa shape index (κ3) is 141. The van der Waals surface area contributed by atoms with E-state index in [1.54, 1.807) is 0 Å². The maximum absolute atomic E-state index is 8.51. The van der Waals surface area contributed by atoms with E-state index in [9.17, 15) is 0 Å². The Morgan fingerprint density at radius 3 is 0.923 bits per heavy atom. The van der Waals surface area contributed by atoms with Gasteiger partial charge in [-0.1, -0.05) is 14.9 Å². The molecule has 0 rings (SSSR count). The van der Waals surface area contributed by atoms with Crippen molar-refractivity contribution in [1.82, 2.24) is 0 Å². The molecule has 0 amide bonds. The van der Waals surface area contributed by atoms with Crippen LogP contribution in [0.1, 0.15) is 16.3 Å². The standard InChI is InChI=1S/CH3O3.2CH4.CH3.6Li.H/c1-3-4-2;;;;;;;;;;/h2H,1H2;2*1H4;1H3;;;;;;;/q-1;;;-1;6*+1;-1/p-1. The van der Waals surface area contributed by atoms with Gasteiger partial charge in [0.05, 0.1) is 0 Å². The molecule has 0 aliphatic rings. The predicted molar refractivity (Wildman–Crippen MR) is 28.5 cm³/mol. The Labute approximate surface area is 157 Å². The van der Waals surface area contributed by atoms with Crippen LogP contribution in [0.2, 0.25) is 0 Å². The van der Waals surface area contributed by atoms with Crippen LogP contribution < -0.4 is 118 Å². The molecule has 0 spiro atoms. The summed E-state index contributed by atoms with van der Waals surface area (Å²) < 4.78 is 0. The largest absolute Gasteiger partial charge is 1.00 e. The molecule has 0 atom stereocenters. The molecule has 3 nitrogen and oxygen atoms in total. The predicted octanol–water partition coefficient (Wildman–Crippen LogP) is -17.1. The van der Waals surface area contributed by atoms with Gasteiger partial charge in [0.25, 0.3) is 0 Å². The minimum atomic E-state index is 0. The van der Waals surface area contributed by atoms with Gasteiger partial charge in [0, 0.05) is 0 Å². The van der Waals surface area contributed by atoms with Crippen LogP contribution in [0.25, 0.3) is 0 Å². The molecule has 0 aromatic carbocycles. The van der Waals surface area contributed by atoms with E-state index in [-0.39, 0.29) is 137 Å². The summed E-state index contributed by atoms with van der Waals surface area (Å²) in [6, 6.07) is 0. The average molecular weight is 152 g/mol. The molecule has 0 radical (unpaired) electrons. The number of rotatable bonds is 1. The van der Waals surface area contributed by atoms with Crippen molar-refractivity contribution in [2.75, 3.05) is 0 Å². The van der Waals surface area contributed by atoms with Crippen molar-refractivity contribution < 1.29 is 130 Å². The fourth-order valence-corrected chi connectivity index (χ4v) is 0. The Kier molecular flexibility index (Phi) is 785. The van der Waals surface area contributed by atoms with E-state index in [1.807, 2.05) is 0 Å². The summed E-state index contributed by atoms with van der Waals surface area (Å²) in [5.74, 6) is 0. The van der Waals surface area contributed by atoms with Crippen molar-refractivity contribution >= 4 is 0 Å². The molecule has 0 fully saturated rings. The van der Waals surface area contributed by atoms with Crippen LogP contribution in [-0.4, -0.2) is 0 Å². The second-order valence-corrected chi connectivity index (χ2v) is 0.186. The minimum absolute atomic E-state index is 0. The zero-order valence-electron chi connectivity index (χ0n) is 9.93. The van der Waals surface area contributed by atoms with Gasteiger partial charge >= 0.3 is 113 Å². The first kappa shape index (κ1) is 94.2. The van der Waals surface area contributed by atoms with Gasteiger partial charge in [-0.15, -0.1) is 0 Å². The van der Waals surface area contributed by atoms with Gasteiger partial charge in [0.2, 0.25) is 0 Å². The molecule has 0 aliphatic carbocycles. The zero-order chi connectivity index (χ0) is 3.41. The molecule has 0 bridgehead atoms. The molecule has 0 aromatic heterocycles. The Bertz CT molecular complexity index is 27.0. The van der Waals surface area contributed by atoms with Gasteiger partial charge in [-0.05, 0) is 0 Å². The van der Waals surface area contributed by atoms with Crippen LogP contribution in [0, 0.1) is 14.5 Å². The Balaban J connectivity index is -0.000000001000. The van der Waals surface area contributed by atoms with Crippen molar-refractivity contribution in [3.8, 4) is 0 Å². The topological polar surface area (TPSA) is 41.5 Å². The van der Waals surface area contributed by atoms with Crippen LogP contribution in [0.5, 0.6) is 0 Å². The molecule has 0 unspecified atom stereocenters. The van der Waals surface area contributed by atoms with Crippen LogP contribution >= 0.6 is 0 Å². The second kappa shape index (κ2) is 108. The van der Waals surface area contributed by atoms with E-state index < -0.39 is 0 Å². The average Bonchev–Trinajstić information content (AvgIpc) is 1.37. The summed E-state index contributed by atoms with van der Waals surface area (Å²) >= 11 is 0. The zero-order valence-corrected chi connectivity index (χ0v) is 8.93.